The second-order valence-corrected chi connectivity index (χ2v) is 8.71. The number of esters is 1. The van der Waals surface area contributed by atoms with Crippen LogP contribution in [0, 0.1) is 5.92 Å². The van der Waals surface area contributed by atoms with E-state index < -0.39 is 68.3 Å². The Bertz CT molecular complexity index is 1000. The number of aryl methyl sites for hydroxylation is 1. The predicted molar refractivity (Wildman–Crippen MR) is 123 cm³/mol. The van der Waals surface area contributed by atoms with Crippen LogP contribution in [0.4, 0.5) is 0 Å². The molecule has 1 fully saturated rings. The summed E-state index contributed by atoms with van der Waals surface area (Å²) < 4.78 is 27.8. The van der Waals surface area contributed by atoms with E-state index in [-0.39, 0.29) is 30.9 Å². The van der Waals surface area contributed by atoms with E-state index in [1.807, 2.05) is 0 Å². The van der Waals surface area contributed by atoms with E-state index in [0.29, 0.717) is 16.5 Å². The van der Waals surface area contributed by atoms with Gasteiger partial charge in [-0.15, -0.1) is 0 Å². The monoisotopic (exact) mass is 514 g/mol. The number of methoxy groups -OCH3 is 1. The molecule has 5 atom stereocenters. The van der Waals surface area contributed by atoms with Crippen molar-refractivity contribution in [3.63, 3.8) is 0 Å². The number of ether oxygens (including phenoxy) is 4. The van der Waals surface area contributed by atoms with Gasteiger partial charge in [0.2, 0.25) is 12.0 Å². The molecule has 36 heavy (non-hydrogen) atoms. The molecule has 0 aliphatic carbocycles. The molecule has 6 N–H and O–H groups in total. The Kier molecular flexibility index (Phi) is 9.53. The lowest BCUT2D eigenvalue weighted by atomic mass is 9.80. The number of benzene rings is 1. The zero-order valence-electron chi connectivity index (χ0n) is 20.2. The Balaban J connectivity index is 2.06. The molecule has 12 heteroatoms. The van der Waals surface area contributed by atoms with Crippen LogP contribution in [0.25, 0.3) is 11.0 Å². The minimum atomic E-state index is -2.32. The number of hydrogen-bond acceptors (Lipinski definition) is 12. The maximum atomic E-state index is 12.0. The van der Waals surface area contributed by atoms with Crippen molar-refractivity contribution in [3.05, 3.63) is 24.0 Å². The average molecular weight is 515 g/mol. The molecule has 202 valence electrons. The maximum absolute atomic E-state index is 12.0. The first-order valence-electron chi connectivity index (χ1n) is 11.7. The fraction of sp³-hybridized carbons (Fsp3) is 0.625. The van der Waals surface area contributed by atoms with Crippen molar-refractivity contribution in [2.45, 2.75) is 56.4 Å². The van der Waals surface area contributed by atoms with Crippen molar-refractivity contribution in [2.24, 2.45) is 5.92 Å². The highest BCUT2D eigenvalue weighted by Crippen LogP contribution is 2.44. The largest absolute Gasteiger partial charge is 0.490 e. The first-order valence-corrected chi connectivity index (χ1v) is 11.7. The lowest BCUT2D eigenvalue weighted by Gasteiger charge is -2.48. The van der Waals surface area contributed by atoms with Gasteiger partial charge in [-0.1, -0.05) is 0 Å². The SMILES string of the molecule is CCOC(=O)CCc1cc2ccoc2c(OC)c1O[C@H]1O[C@H](CO)[C@@H](O)[C@H](O)[C@]1(O)CC(CO)CO. The molecule has 0 bridgehead atoms. The Morgan fingerprint density at radius 3 is 2.53 bits per heavy atom. The number of rotatable bonds is 12. The van der Waals surface area contributed by atoms with Crippen molar-refractivity contribution in [1.82, 2.24) is 0 Å². The molecule has 12 nitrogen and oxygen atoms in total. The van der Waals surface area contributed by atoms with Gasteiger partial charge < -0.3 is 54.0 Å². The van der Waals surface area contributed by atoms with Crippen LogP contribution < -0.4 is 9.47 Å². The van der Waals surface area contributed by atoms with Crippen LogP contribution in [0.15, 0.2) is 22.8 Å². The minimum Gasteiger partial charge on any atom is -0.490 e. The van der Waals surface area contributed by atoms with Crippen LogP contribution >= 0.6 is 0 Å². The van der Waals surface area contributed by atoms with Gasteiger partial charge in [0.15, 0.2) is 16.9 Å². The normalized spacial score (nSPS) is 26.4. The maximum Gasteiger partial charge on any atom is 0.306 e. The first kappa shape index (κ1) is 28.1. The highest BCUT2D eigenvalue weighted by Gasteiger charge is 2.57. The Morgan fingerprint density at radius 2 is 1.92 bits per heavy atom. The molecular formula is C24H34O12. The standard InChI is InChI=1S/C24H34O12/c1-3-33-17(28)5-4-14-8-15-6-7-34-19(15)21(32-2)20(14)36-23-24(31,9-13(10-25)11-26)22(30)18(29)16(12-27)35-23/h6-8,13,16,18,22-23,25-27,29-31H,3-5,9-12H2,1-2H3/t16-,18-,22+,23-,24-/m1/s1. The molecule has 2 heterocycles. The number of hydrogen-bond donors (Lipinski definition) is 6. The third kappa shape index (κ3) is 5.59. The number of furan rings is 1. The fourth-order valence-corrected chi connectivity index (χ4v) is 4.34. The third-order valence-electron chi connectivity index (χ3n) is 6.30. The summed E-state index contributed by atoms with van der Waals surface area (Å²) in [4.78, 5) is 12.0. The van der Waals surface area contributed by atoms with Crippen LogP contribution in [0.5, 0.6) is 11.5 Å². The number of fused-ring (bicyclic) bond motifs is 1. The van der Waals surface area contributed by atoms with Gasteiger partial charge in [-0.3, -0.25) is 4.79 Å². The second kappa shape index (κ2) is 12.2. The zero-order chi connectivity index (χ0) is 26.5. The molecule has 1 aliphatic rings. The first-order chi connectivity index (χ1) is 17.2. The van der Waals surface area contributed by atoms with E-state index in [9.17, 15) is 35.4 Å². The van der Waals surface area contributed by atoms with E-state index in [1.54, 1.807) is 19.1 Å². The van der Waals surface area contributed by atoms with Gasteiger partial charge in [0, 0.05) is 30.9 Å². The molecule has 1 aromatic carbocycles. The van der Waals surface area contributed by atoms with E-state index in [2.05, 4.69) is 0 Å². The summed E-state index contributed by atoms with van der Waals surface area (Å²) in [6.45, 7) is 0.169. The molecule has 0 saturated carbocycles. The summed E-state index contributed by atoms with van der Waals surface area (Å²) in [6.07, 6.45) is -5.36. The summed E-state index contributed by atoms with van der Waals surface area (Å²) in [7, 11) is 1.37. The Labute approximate surface area is 207 Å². The summed E-state index contributed by atoms with van der Waals surface area (Å²) in [6, 6.07) is 3.40. The Morgan fingerprint density at radius 1 is 1.19 bits per heavy atom. The smallest absolute Gasteiger partial charge is 0.306 e. The van der Waals surface area contributed by atoms with Crippen molar-refractivity contribution >= 4 is 16.9 Å². The molecule has 2 aromatic rings. The molecule has 1 saturated heterocycles. The quantitative estimate of drug-likeness (QED) is 0.199. The highest BCUT2D eigenvalue weighted by molar-refractivity contribution is 5.87. The number of aliphatic hydroxyl groups is 6. The van der Waals surface area contributed by atoms with E-state index in [4.69, 9.17) is 23.4 Å². The molecule has 0 spiro atoms. The van der Waals surface area contributed by atoms with Crippen molar-refractivity contribution < 1.29 is 58.8 Å². The van der Waals surface area contributed by atoms with Crippen molar-refractivity contribution in [3.8, 4) is 11.5 Å². The molecule has 0 radical (unpaired) electrons. The van der Waals surface area contributed by atoms with Crippen molar-refractivity contribution in [1.29, 1.82) is 0 Å². The molecule has 1 aliphatic heterocycles. The summed E-state index contributed by atoms with van der Waals surface area (Å²) >= 11 is 0. The lowest BCUT2D eigenvalue weighted by Crippen LogP contribution is -2.68. The van der Waals surface area contributed by atoms with Gasteiger partial charge in [-0.2, -0.15) is 0 Å². The zero-order valence-corrected chi connectivity index (χ0v) is 20.2. The van der Waals surface area contributed by atoms with Crippen LogP contribution in [0.1, 0.15) is 25.3 Å². The van der Waals surface area contributed by atoms with Gasteiger partial charge in [0.1, 0.15) is 18.3 Å². The summed E-state index contributed by atoms with van der Waals surface area (Å²) in [5.41, 5.74) is -1.53. The lowest BCUT2D eigenvalue weighted by molar-refractivity contribution is -0.325. The van der Waals surface area contributed by atoms with E-state index in [0.717, 1.165) is 0 Å². The number of aliphatic hydroxyl groups excluding tert-OH is 5. The van der Waals surface area contributed by atoms with Gasteiger partial charge in [0.05, 0.1) is 26.6 Å². The summed E-state index contributed by atoms with van der Waals surface area (Å²) in [5, 5.41) is 62.2. The van der Waals surface area contributed by atoms with Gasteiger partial charge in [-0.25, -0.2) is 0 Å². The van der Waals surface area contributed by atoms with Gasteiger partial charge in [0.25, 0.3) is 0 Å². The fourth-order valence-electron chi connectivity index (χ4n) is 4.34. The van der Waals surface area contributed by atoms with E-state index >= 15 is 0 Å². The van der Waals surface area contributed by atoms with Crippen LogP contribution in [0.3, 0.4) is 0 Å². The average Bonchev–Trinajstić information content (AvgIpc) is 3.34. The predicted octanol–water partition coefficient (Wildman–Crippen LogP) is -0.523. The van der Waals surface area contributed by atoms with Crippen LogP contribution in [-0.2, 0) is 20.7 Å². The molecule has 1 aromatic heterocycles. The highest BCUT2D eigenvalue weighted by atomic mass is 16.7. The van der Waals surface area contributed by atoms with Gasteiger partial charge >= 0.3 is 5.97 Å². The van der Waals surface area contributed by atoms with Crippen molar-refractivity contribution in [2.75, 3.05) is 33.5 Å². The topological polar surface area (TPSA) is 189 Å². The third-order valence-corrected chi connectivity index (χ3v) is 6.30. The minimum absolute atomic E-state index is 0.00417. The molecule has 0 unspecified atom stereocenters. The van der Waals surface area contributed by atoms with Gasteiger partial charge in [-0.05, 0) is 37.5 Å². The molecule has 3 rings (SSSR count). The molecular weight excluding hydrogens is 480 g/mol. The van der Waals surface area contributed by atoms with E-state index in [1.165, 1.54) is 13.4 Å². The summed E-state index contributed by atoms with van der Waals surface area (Å²) in [5.74, 6) is -1.15. The number of carbonyl (C=O) groups is 1. The number of carbonyl (C=O) groups excluding carboxylic acids is 1. The second-order valence-electron chi connectivity index (χ2n) is 8.71. The Hall–Kier alpha value is -2.45. The van der Waals surface area contributed by atoms with Crippen LogP contribution in [0.2, 0.25) is 0 Å². The van der Waals surface area contributed by atoms with Crippen LogP contribution in [-0.4, -0.2) is 100 Å². The molecule has 0 amide bonds.